The van der Waals surface area contributed by atoms with E-state index in [1.165, 1.54) is 4.90 Å². The van der Waals surface area contributed by atoms with E-state index in [4.69, 9.17) is 4.74 Å². The number of amides is 1. The SMILES string of the molecule is CC1(C)C(C(=O)O)CCN1C(=O)OCc1ccccc1. The van der Waals surface area contributed by atoms with Crippen molar-refractivity contribution in [2.45, 2.75) is 32.4 Å². The Morgan fingerprint density at radius 1 is 1.35 bits per heavy atom. The molecule has 108 valence electrons. The first kappa shape index (κ1) is 14.4. The third kappa shape index (κ3) is 2.76. The first-order valence-corrected chi connectivity index (χ1v) is 6.64. The molecule has 1 saturated heterocycles. The molecule has 1 atom stereocenters. The summed E-state index contributed by atoms with van der Waals surface area (Å²) in [4.78, 5) is 24.8. The zero-order valence-electron chi connectivity index (χ0n) is 11.7. The molecule has 1 aromatic rings. The Morgan fingerprint density at radius 3 is 2.55 bits per heavy atom. The Labute approximate surface area is 118 Å². The van der Waals surface area contributed by atoms with Gasteiger partial charge in [0.25, 0.3) is 0 Å². The largest absolute Gasteiger partial charge is 0.481 e. The van der Waals surface area contributed by atoms with E-state index in [0.29, 0.717) is 13.0 Å². The van der Waals surface area contributed by atoms with Gasteiger partial charge in [0.1, 0.15) is 6.61 Å². The number of ether oxygens (including phenoxy) is 1. The van der Waals surface area contributed by atoms with E-state index in [2.05, 4.69) is 0 Å². The molecule has 0 saturated carbocycles. The third-order valence-electron chi connectivity index (χ3n) is 3.91. The number of carbonyl (C=O) groups is 2. The predicted molar refractivity (Wildman–Crippen MR) is 73.2 cm³/mol. The molecule has 1 aliphatic rings. The van der Waals surface area contributed by atoms with Gasteiger partial charge in [-0.25, -0.2) is 4.79 Å². The molecule has 1 N–H and O–H groups in total. The minimum Gasteiger partial charge on any atom is -0.481 e. The van der Waals surface area contributed by atoms with Gasteiger partial charge >= 0.3 is 12.1 Å². The fourth-order valence-electron chi connectivity index (χ4n) is 2.64. The summed E-state index contributed by atoms with van der Waals surface area (Å²) in [5.74, 6) is -1.42. The molecule has 0 bridgehead atoms. The van der Waals surface area contributed by atoms with Crippen molar-refractivity contribution in [2.24, 2.45) is 5.92 Å². The number of nitrogens with zero attached hydrogens (tertiary/aromatic N) is 1. The molecule has 1 aliphatic heterocycles. The Morgan fingerprint density at radius 2 is 2.00 bits per heavy atom. The summed E-state index contributed by atoms with van der Waals surface area (Å²) in [6.45, 7) is 4.15. The van der Waals surface area contributed by atoms with Crippen LogP contribution >= 0.6 is 0 Å². The van der Waals surface area contributed by atoms with Gasteiger partial charge in [-0.3, -0.25) is 4.79 Å². The van der Waals surface area contributed by atoms with Crippen molar-refractivity contribution < 1.29 is 19.4 Å². The van der Waals surface area contributed by atoms with Gasteiger partial charge in [-0.15, -0.1) is 0 Å². The van der Waals surface area contributed by atoms with Crippen molar-refractivity contribution in [3.05, 3.63) is 35.9 Å². The molecule has 5 heteroatoms. The standard InChI is InChI=1S/C15H19NO4/c1-15(2)12(13(17)18)8-9-16(15)14(19)20-10-11-6-4-3-5-7-11/h3-7,12H,8-10H2,1-2H3,(H,17,18). The molecule has 5 nitrogen and oxygen atoms in total. The molecule has 1 amide bonds. The molecule has 0 spiro atoms. The van der Waals surface area contributed by atoms with Gasteiger partial charge in [0.2, 0.25) is 0 Å². The maximum atomic E-state index is 12.1. The van der Waals surface area contributed by atoms with Crippen LogP contribution < -0.4 is 0 Å². The highest BCUT2D eigenvalue weighted by molar-refractivity contribution is 5.76. The predicted octanol–water partition coefficient (Wildman–Crippen LogP) is 2.51. The summed E-state index contributed by atoms with van der Waals surface area (Å²) < 4.78 is 5.27. The number of carboxylic acid groups (broad SMARTS) is 1. The molecule has 0 radical (unpaired) electrons. The van der Waals surface area contributed by atoms with Gasteiger partial charge in [-0.05, 0) is 25.8 Å². The topological polar surface area (TPSA) is 66.8 Å². The van der Waals surface area contributed by atoms with E-state index < -0.39 is 23.5 Å². The van der Waals surface area contributed by atoms with Crippen LogP contribution in [0.2, 0.25) is 0 Å². The molecule has 1 unspecified atom stereocenters. The highest BCUT2D eigenvalue weighted by Gasteiger charge is 2.48. The Kier molecular flexibility index (Phi) is 3.97. The van der Waals surface area contributed by atoms with E-state index in [-0.39, 0.29) is 6.61 Å². The number of carbonyl (C=O) groups excluding carboxylic acids is 1. The number of carboxylic acids is 1. The van der Waals surface area contributed by atoms with Crippen molar-refractivity contribution in [2.75, 3.05) is 6.54 Å². The van der Waals surface area contributed by atoms with Crippen LogP contribution in [0, 0.1) is 5.92 Å². The zero-order chi connectivity index (χ0) is 14.8. The quantitative estimate of drug-likeness (QED) is 0.921. The average molecular weight is 277 g/mol. The van der Waals surface area contributed by atoms with Gasteiger partial charge in [-0.2, -0.15) is 0 Å². The highest BCUT2D eigenvalue weighted by atomic mass is 16.6. The van der Waals surface area contributed by atoms with Crippen LogP contribution in [-0.4, -0.2) is 34.2 Å². The molecule has 0 aromatic heterocycles. The summed E-state index contributed by atoms with van der Waals surface area (Å²) in [5, 5.41) is 9.18. The van der Waals surface area contributed by atoms with Crippen molar-refractivity contribution in [1.29, 1.82) is 0 Å². The van der Waals surface area contributed by atoms with Crippen molar-refractivity contribution in [3.8, 4) is 0 Å². The van der Waals surface area contributed by atoms with Crippen molar-refractivity contribution in [1.82, 2.24) is 4.90 Å². The van der Waals surface area contributed by atoms with Gasteiger partial charge < -0.3 is 14.7 Å². The lowest BCUT2D eigenvalue weighted by atomic mass is 9.89. The molecular formula is C15H19NO4. The number of benzene rings is 1. The van der Waals surface area contributed by atoms with E-state index >= 15 is 0 Å². The second kappa shape index (κ2) is 5.53. The summed E-state index contributed by atoms with van der Waals surface area (Å²) in [6.07, 6.45) is 0.00516. The van der Waals surface area contributed by atoms with Gasteiger partial charge in [0.15, 0.2) is 0 Å². The van der Waals surface area contributed by atoms with Crippen LogP contribution in [0.15, 0.2) is 30.3 Å². The number of likely N-dealkylation sites (tertiary alicyclic amines) is 1. The Bertz CT molecular complexity index is 498. The van der Waals surface area contributed by atoms with Gasteiger partial charge in [0, 0.05) is 6.54 Å². The molecule has 20 heavy (non-hydrogen) atoms. The highest BCUT2D eigenvalue weighted by Crippen LogP contribution is 2.35. The van der Waals surface area contributed by atoms with E-state index in [0.717, 1.165) is 5.56 Å². The summed E-state index contributed by atoms with van der Waals surface area (Å²) in [6, 6.07) is 9.41. The van der Waals surface area contributed by atoms with Crippen LogP contribution in [0.25, 0.3) is 0 Å². The van der Waals surface area contributed by atoms with Crippen molar-refractivity contribution >= 4 is 12.1 Å². The van der Waals surface area contributed by atoms with Crippen molar-refractivity contribution in [3.63, 3.8) is 0 Å². The Hall–Kier alpha value is -2.04. The van der Waals surface area contributed by atoms with Crippen LogP contribution in [0.1, 0.15) is 25.8 Å². The maximum absolute atomic E-state index is 12.1. The fraction of sp³-hybridized carbons (Fsp3) is 0.467. The summed E-state index contributed by atoms with van der Waals surface area (Å²) >= 11 is 0. The smallest absolute Gasteiger partial charge is 0.410 e. The van der Waals surface area contributed by atoms with E-state index in [9.17, 15) is 14.7 Å². The van der Waals surface area contributed by atoms with Crippen LogP contribution in [-0.2, 0) is 16.1 Å². The van der Waals surface area contributed by atoms with Crippen LogP contribution in [0.5, 0.6) is 0 Å². The number of aliphatic carboxylic acids is 1. The normalized spacial score (nSPS) is 20.7. The molecule has 1 heterocycles. The first-order chi connectivity index (χ1) is 9.43. The third-order valence-corrected chi connectivity index (χ3v) is 3.91. The maximum Gasteiger partial charge on any atom is 0.410 e. The lowest BCUT2D eigenvalue weighted by Gasteiger charge is -2.33. The molecule has 0 aliphatic carbocycles. The lowest BCUT2D eigenvalue weighted by molar-refractivity contribution is -0.143. The van der Waals surface area contributed by atoms with E-state index in [1.807, 2.05) is 30.3 Å². The lowest BCUT2D eigenvalue weighted by Crippen LogP contribution is -2.48. The molecule has 2 rings (SSSR count). The first-order valence-electron chi connectivity index (χ1n) is 6.64. The summed E-state index contributed by atoms with van der Waals surface area (Å²) in [7, 11) is 0. The van der Waals surface area contributed by atoms with Crippen LogP contribution in [0.3, 0.4) is 0 Å². The minimum atomic E-state index is -0.867. The molecule has 1 aromatic carbocycles. The number of hydrogen-bond acceptors (Lipinski definition) is 3. The fourth-order valence-corrected chi connectivity index (χ4v) is 2.64. The van der Waals surface area contributed by atoms with Gasteiger partial charge in [0.05, 0.1) is 11.5 Å². The van der Waals surface area contributed by atoms with E-state index in [1.54, 1.807) is 13.8 Å². The van der Waals surface area contributed by atoms with Gasteiger partial charge in [-0.1, -0.05) is 30.3 Å². The minimum absolute atomic E-state index is 0.198. The number of hydrogen-bond donors (Lipinski definition) is 1. The van der Waals surface area contributed by atoms with Crippen LogP contribution in [0.4, 0.5) is 4.79 Å². The zero-order valence-corrected chi connectivity index (χ0v) is 11.7. The molecular weight excluding hydrogens is 258 g/mol. The second-order valence-corrected chi connectivity index (χ2v) is 5.52. The summed E-state index contributed by atoms with van der Waals surface area (Å²) in [5.41, 5.74) is 0.187. The number of rotatable bonds is 3. The molecule has 1 fully saturated rings. The monoisotopic (exact) mass is 277 g/mol. The Balaban J connectivity index is 1.98. The second-order valence-electron chi connectivity index (χ2n) is 5.52. The average Bonchev–Trinajstić information content (AvgIpc) is 2.72.